The van der Waals surface area contributed by atoms with Crippen LogP contribution in [-0.4, -0.2) is 28.6 Å². The molecular weight excluding hydrogens is 207 g/mol. The molecule has 0 N–H and O–H groups in total. The second kappa shape index (κ2) is 3.71. The van der Waals surface area contributed by atoms with Gasteiger partial charge in [0.05, 0.1) is 17.4 Å². The molecule has 1 saturated heterocycles. The largest absolute Gasteiger partial charge is 0.487 e. The Morgan fingerprint density at radius 1 is 1.19 bits per heavy atom. The maximum Gasteiger partial charge on any atom is 0.487 e. The lowest BCUT2D eigenvalue weighted by Gasteiger charge is -2.32. The van der Waals surface area contributed by atoms with Crippen LogP contribution < -0.4 is 0 Å². The molecule has 2 heterocycles. The zero-order valence-electron chi connectivity index (χ0n) is 9.93. The first-order valence-electron chi connectivity index (χ1n) is 5.22. The summed E-state index contributed by atoms with van der Waals surface area (Å²) in [6, 6.07) is 0. The van der Waals surface area contributed by atoms with E-state index in [0.717, 1.165) is 0 Å². The van der Waals surface area contributed by atoms with Crippen molar-refractivity contribution in [1.29, 1.82) is 0 Å². The fourth-order valence-corrected chi connectivity index (χ4v) is 1.39. The molecule has 1 aromatic heterocycles. The molecule has 2 rings (SSSR count). The maximum atomic E-state index is 5.77. The van der Waals surface area contributed by atoms with Crippen molar-refractivity contribution in [2.45, 2.75) is 38.9 Å². The van der Waals surface area contributed by atoms with Crippen molar-refractivity contribution in [2.75, 3.05) is 0 Å². The van der Waals surface area contributed by atoms with E-state index in [4.69, 9.17) is 9.31 Å². The van der Waals surface area contributed by atoms with E-state index in [1.807, 2.05) is 27.7 Å². The summed E-state index contributed by atoms with van der Waals surface area (Å²) in [4.78, 5) is 0. The van der Waals surface area contributed by atoms with Crippen LogP contribution in [0.1, 0.15) is 33.4 Å². The highest BCUT2D eigenvalue weighted by Gasteiger charge is 2.49. The van der Waals surface area contributed by atoms with Crippen molar-refractivity contribution in [3.05, 3.63) is 17.9 Å². The molecule has 1 aliphatic rings. The number of aromatic nitrogens is 2. The average molecular weight is 222 g/mol. The summed E-state index contributed by atoms with van der Waals surface area (Å²) in [5.74, 6) is 1.80. The van der Waals surface area contributed by atoms with Gasteiger partial charge in [0.2, 0.25) is 0 Å². The van der Waals surface area contributed by atoms with E-state index in [0.29, 0.717) is 5.69 Å². The maximum absolute atomic E-state index is 5.77. The van der Waals surface area contributed by atoms with Crippen molar-refractivity contribution < 1.29 is 13.9 Å². The molecule has 0 aromatic carbocycles. The summed E-state index contributed by atoms with van der Waals surface area (Å²) in [5.41, 5.74) is 0.0171. The van der Waals surface area contributed by atoms with Gasteiger partial charge in [-0.15, -0.1) is 0 Å². The van der Waals surface area contributed by atoms with E-state index < -0.39 is 0 Å². The summed E-state index contributed by atoms with van der Waals surface area (Å²) >= 11 is 0. The van der Waals surface area contributed by atoms with Crippen molar-refractivity contribution in [3.63, 3.8) is 0 Å². The molecule has 1 aromatic rings. The molecule has 0 atom stereocenters. The minimum Gasteiger partial charge on any atom is -0.400 e. The highest BCUT2D eigenvalue weighted by molar-refractivity contribution is 6.52. The van der Waals surface area contributed by atoms with Gasteiger partial charge in [0.1, 0.15) is 5.69 Å². The van der Waals surface area contributed by atoms with E-state index >= 15 is 0 Å². The Bertz CT molecular complexity index is 371. The lowest BCUT2D eigenvalue weighted by atomic mass is 9.90. The topological polar surface area (TPSA) is 57.4 Å². The third-order valence-corrected chi connectivity index (χ3v) is 3.07. The van der Waals surface area contributed by atoms with Crippen LogP contribution in [0, 0.1) is 0 Å². The van der Waals surface area contributed by atoms with Gasteiger partial charge in [-0.1, -0.05) is 16.3 Å². The van der Waals surface area contributed by atoms with Crippen LogP contribution in [0.15, 0.2) is 16.8 Å². The Labute approximate surface area is 94.9 Å². The first-order chi connectivity index (χ1) is 7.41. The molecule has 0 unspecified atom stereocenters. The summed E-state index contributed by atoms with van der Waals surface area (Å²) in [5, 5.41) is 7.17. The molecule has 16 heavy (non-hydrogen) atoms. The van der Waals surface area contributed by atoms with Gasteiger partial charge in [0, 0.05) is 0 Å². The van der Waals surface area contributed by atoms with E-state index in [1.165, 1.54) is 6.20 Å². The number of rotatable bonds is 2. The van der Waals surface area contributed by atoms with Crippen LogP contribution in [0.25, 0.3) is 6.08 Å². The summed E-state index contributed by atoms with van der Waals surface area (Å²) in [6.45, 7) is 8.05. The highest BCUT2D eigenvalue weighted by atomic mass is 16.7. The minimum atomic E-state index is -0.360. The van der Waals surface area contributed by atoms with Gasteiger partial charge in [-0.2, -0.15) is 0 Å². The Kier molecular flexibility index (Phi) is 2.63. The van der Waals surface area contributed by atoms with Gasteiger partial charge in [-0.3, -0.25) is 0 Å². The Morgan fingerprint density at radius 2 is 1.81 bits per heavy atom. The number of hydrogen-bond acceptors (Lipinski definition) is 5. The Balaban J connectivity index is 2.05. The molecule has 0 aliphatic carbocycles. The quantitative estimate of drug-likeness (QED) is 0.713. The molecule has 0 amide bonds. The summed E-state index contributed by atoms with van der Waals surface area (Å²) in [6.07, 6.45) is 3.29. The first kappa shape index (κ1) is 11.4. The van der Waals surface area contributed by atoms with Gasteiger partial charge in [0.15, 0.2) is 0 Å². The number of nitrogens with zero attached hydrogens (tertiary/aromatic N) is 2. The normalized spacial score (nSPS) is 23.1. The lowest BCUT2D eigenvalue weighted by Crippen LogP contribution is -2.41. The molecule has 6 heteroatoms. The second-order valence-electron chi connectivity index (χ2n) is 4.82. The summed E-state index contributed by atoms with van der Waals surface area (Å²) in [7, 11) is -0.360. The smallest absolute Gasteiger partial charge is 0.400 e. The van der Waals surface area contributed by atoms with Crippen LogP contribution in [0.5, 0.6) is 0 Å². The van der Waals surface area contributed by atoms with Crippen molar-refractivity contribution in [1.82, 2.24) is 10.3 Å². The van der Waals surface area contributed by atoms with E-state index in [1.54, 1.807) is 12.1 Å². The molecule has 5 nitrogen and oxygen atoms in total. The van der Waals surface area contributed by atoms with E-state index in [9.17, 15) is 0 Å². The van der Waals surface area contributed by atoms with Crippen molar-refractivity contribution in [3.8, 4) is 0 Å². The van der Waals surface area contributed by atoms with Crippen molar-refractivity contribution in [2.24, 2.45) is 0 Å². The van der Waals surface area contributed by atoms with Gasteiger partial charge in [-0.25, -0.2) is 4.63 Å². The molecule has 1 fully saturated rings. The number of hydrogen-bond donors (Lipinski definition) is 0. The predicted octanol–water partition coefficient (Wildman–Crippen LogP) is 1.71. The molecule has 0 radical (unpaired) electrons. The van der Waals surface area contributed by atoms with Gasteiger partial charge in [0.25, 0.3) is 0 Å². The predicted molar refractivity (Wildman–Crippen MR) is 59.4 cm³/mol. The van der Waals surface area contributed by atoms with Gasteiger partial charge < -0.3 is 9.31 Å². The lowest BCUT2D eigenvalue weighted by molar-refractivity contribution is 0.00578. The zero-order chi connectivity index (χ0) is 11.8. The van der Waals surface area contributed by atoms with Crippen LogP contribution in [0.3, 0.4) is 0 Å². The SMILES string of the molecule is CC1(C)OB(/C=C/c2cnon2)OC1(C)C. The zero-order valence-corrected chi connectivity index (χ0v) is 9.93. The fourth-order valence-electron chi connectivity index (χ4n) is 1.39. The molecule has 1 aliphatic heterocycles. The third-order valence-electron chi connectivity index (χ3n) is 3.07. The Morgan fingerprint density at radius 3 is 2.31 bits per heavy atom. The Hall–Kier alpha value is -1.14. The first-order valence-corrected chi connectivity index (χ1v) is 5.22. The van der Waals surface area contributed by atoms with Crippen LogP contribution in [0.2, 0.25) is 0 Å². The molecular formula is C10H15BN2O3. The standard InChI is InChI=1S/C10H15BN2O3/c1-9(2)10(3,4)15-11(14-9)6-5-8-7-12-16-13-8/h5-7H,1-4H3/b6-5+. The van der Waals surface area contributed by atoms with Gasteiger partial charge in [-0.05, 0) is 33.8 Å². The monoisotopic (exact) mass is 222 g/mol. The van der Waals surface area contributed by atoms with Crippen molar-refractivity contribution >= 4 is 13.2 Å². The second-order valence-corrected chi connectivity index (χ2v) is 4.82. The summed E-state index contributed by atoms with van der Waals surface area (Å²) < 4.78 is 16.0. The average Bonchev–Trinajstić information content (AvgIpc) is 2.70. The molecule has 0 spiro atoms. The fraction of sp³-hybridized carbons (Fsp3) is 0.600. The molecule has 86 valence electrons. The van der Waals surface area contributed by atoms with E-state index in [-0.39, 0.29) is 18.3 Å². The minimum absolute atomic E-state index is 0.315. The molecule has 0 saturated carbocycles. The molecule has 0 bridgehead atoms. The van der Waals surface area contributed by atoms with Gasteiger partial charge >= 0.3 is 7.12 Å². The van der Waals surface area contributed by atoms with Crippen LogP contribution >= 0.6 is 0 Å². The van der Waals surface area contributed by atoms with E-state index in [2.05, 4.69) is 14.9 Å². The van der Waals surface area contributed by atoms with Crippen LogP contribution in [-0.2, 0) is 9.31 Å². The highest BCUT2D eigenvalue weighted by Crippen LogP contribution is 2.36. The van der Waals surface area contributed by atoms with Crippen LogP contribution in [0.4, 0.5) is 0 Å². The third kappa shape index (κ3) is 2.03.